The number of halogens is 1. The van der Waals surface area contributed by atoms with Gasteiger partial charge in [0.15, 0.2) is 0 Å². The number of aryl methyl sites for hydroxylation is 1. The van der Waals surface area contributed by atoms with Crippen LogP contribution in [0.15, 0.2) is 59.5 Å². The second-order valence-electron chi connectivity index (χ2n) is 10.1. The number of hydrogen-bond donors (Lipinski definition) is 0. The van der Waals surface area contributed by atoms with Crippen molar-refractivity contribution in [2.24, 2.45) is 7.05 Å². The van der Waals surface area contributed by atoms with E-state index in [1.165, 1.54) is 12.5 Å². The van der Waals surface area contributed by atoms with E-state index in [1.54, 1.807) is 12.1 Å². The van der Waals surface area contributed by atoms with E-state index in [0.29, 0.717) is 42.9 Å². The van der Waals surface area contributed by atoms with Crippen LogP contribution >= 0.6 is 0 Å². The molecule has 1 saturated heterocycles. The first-order valence-electron chi connectivity index (χ1n) is 13.0. The Labute approximate surface area is 209 Å². The molecule has 1 saturated carbocycles. The molecule has 0 bridgehead atoms. The van der Waals surface area contributed by atoms with Gasteiger partial charge in [-0.1, -0.05) is 49.6 Å². The minimum Gasteiger partial charge on any atom is -0.366 e. The SMILES string of the molecule is Cn1c2ccccc2c2c(C(=O)N3CCN(c4ccccc4F)CC3)cn(C3CCCCC3)c(=O)c21. The molecule has 1 aliphatic heterocycles. The molecule has 0 spiro atoms. The molecule has 7 heteroatoms. The average molecular weight is 487 g/mol. The van der Waals surface area contributed by atoms with Crippen molar-refractivity contribution in [1.82, 2.24) is 14.0 Å². The second kappa shape index (κ2) is 9.12. The van der Waals surface area contributed by atoms with Crippen LogP contribution in [0, 0.1) is 5.82 Å². The van der Waals surface area contributed by atoms with Crippen molar-refractivity contribution in [3.63, 3.8) is 0 Å². The van der Waals surface area contributed by atoms with E-state index in [0.717, 1.165) is 42.0 Å². The Morgan fingerprint density at radius 3 is 2.36 bits per heavy atom. The summed E-state index contributed by atoms with van der Waals surface area (Å²) in [6, 6.07) is 14.8. The number of anilines is 1. The second-order valence-corrected chi connectivity index (χ2v) is 10.1. The summed E-state index contributed by atoms with van der Waals surface area (Å²) in [5.41, 5.74) is 2.69. The van der Waals surface area contributed by atoms with E-state index in [9.17, 15) is 14.0 Å². The molecule has 2 aromatic heterocycles. The fraction of sp³-hybridized carbons (Fsp3) is 0.379. The van der Waals surface area contributed by atoms with Crippen LogP contribution in [0.2, 0.25) is 0 Å². The molecule has 36 heavy (non-hydrogen) atoms. The molecule has 0 radical (unpaired) electrons. The van der Waals surface area contributed by atoms with Crippen molar-refractivity contribution >= 4 is 33.4 Å². The van der Waals surface area contributed by atoms with Gasteiger partial charge in [-0.2, -0.15) is 0 Å². The van der Waals surface area contributed by atoms with Gasteiger partial charge in [-0.15, -0.1) is 0 Å². The van der Waals surface area contributed by atoms with E-state index < -0.39 is 0 Å². The van der Waals surface area contributed by atoms with Gasteiger partial charge in [0, 0.05) is 61.8 Å². The number of amides is 1. The Hall–Kier alpha value is -3.61. The standard InChI is InChI=1S/C29H31FN4O2/c1-31-24-13-7-5-11-21(24)26-22(19-34(29(36)27(26)31)20-9-3-2-4-10-20)28(35)33-17-15-32(16-18-33)25-14-8-6-12-23(25)30/h5-8,11-14,19-20H,2-4,9-10,15-18H2,1H3. The number of benzene rings is 2. The van der Waals surface area contributed by atoms with Crippen LogP contribution in [0.5, 0.6) is 0 Å². The molecule has 2 fully saturated rings. The van der Waals surface area contributed by atoms with Crippen molar-refractivity contribution in [2.45, 2.75) is 38.1 Å². The van der Waals surface area contributed by atoms with Crippen molar-refractivity contribution in [1.29, 1.82) is 0 Å². The van der Waals surface area contributed by atoms with Crippen LogP contribution in [-0.2, 0) is 7.05 Å². The summed E-state index contributed by atoms with van der Waals surface area (Å²) in [7, 11) is 1.92. The largest absolute Gasteiger partial charge is 0.366 e. The predicted molar refractivity (Wildman–Crippen MR) is 141 cm³/mol. The van der Waals surface area contributed by atoms with Crippen molar-refractivity contribution in [3.8, 4) is 0 Å². The molecule has 6 nitrogen and oxygen atoms in total. The summed E-state index contributed by atoms with van der Waals surface area (Å²) in [4.78, 5) is 31.7. The van der Waals surface area contributed by atoms with Gasteiger partial charge in [0.05, 0.1) is 11.3 Å². The Kier molecular flexibility index (Phi) is 5.78. The number of para-hydroxylation sites is 2. The molecule has 3 heterocycles. The minimum absolute atomic E-state index is 0.0171. The Morgan fingerprint density at radius 2 is 1.61 bits per heavy atom. The maximum Gasteiger partial charge on any atom is 0.275 e. The molecule has 4 aromatic rings. The summed E-state index contributed by atoms with van der Waals surface area (Å²) in [5, 5.41) is 1.67. The Bertz CT molecular complexity index is 1510. The lowest BCUT2D eigenvalue weighted by molar-refractivity contribution is 0.0747. The monoisotopic (exact) mass is 486 g/mol. The van der Waals surface area contributed by atoms with E-state index >= 15 is 0 Å². The summed E-state index contributed by atoms with van der Waals surface area (Å²) in [6.07, 6.45) is 7.16. The van der Waals surface area contributed by atoms with Crippen LogP contribution in [0.4, 0.5) is 10.1 Å². The fourth-order valence-corrected chi connectivity index (χ4v) is 6.12. The van der Waals surface area contributed by atoms with Gasteiger partial charge in [0.2, 0.25) is 0 Å². The first kappa shape index (κ1) is 22.8. The predicted octanol–water partition coefficient (Wildman–Crippen LogP) is 5.10. The molecule has 0 N–H and O–H groups in total. The van der Waals surface area contributed by atoms with E-state index in [2.05, 4.69) is 0 Å². The number of pyridine rings is 1. The highest BCUT2D eigenvalue weighted by Crippen LogP contribution is 2.33. The van der Waals surface area contributed by atoms with Crippen LogP contribution in [0.25, 0.3) is 21.8 Å². The van der Waals surface area contributed by atoms with E-state index in [1.807, 2.05) is 62.5 Å². The molecule has 2 aromatic carbocycles. The number of hydrogen-bond acceptors (Lipinski definition) is 3. The zero-order valence-corrected chi connectivity index (χ0v) is 20.6. The Balaban J connectivity index is 1.42. The van der Waals surface area contributed by atoms with Crippen LogP contribution in [0.3, 0.4) is 0 Å². The lowest BCUT2D eigenvalue weighted by Crippen LogP contribution is -2.49. The first-order chi connectivity index (χ1) is 17.5. The molecule has 2 aliphatic rings. The molecule has 0 atom stereocenters. The third-order valence-electron chi connectivity index (χ3n) is 8.04. The van der Waals surface area contributed by atoms with Gasteiger partial charge in [-0.25, -0.2) is 4.39 Å². The summed E-state index contributed by atoms with van der Waals surface area (Å²) in [5.74, 6) is -0.302. The molecule has 6 rings (SSSR count). The summed E-state index contributed by atoms with van der Waals surface area (Å²) < 4.78 is 18.1. The quantitative estimate of drug-likeness (QED) is 0.405. The highest BCUT2D eigenvalue weighted by molar-refractivity contribution is 6.17. The number of carbonyl (C=O) groups excluding carboxylic acids is 1. The van der Waals surface area contributed by atoms with Gasteiger partial charge in [-0.05, 0) is 31.0 Å². The third kappa shape index (κ3) is 3.69. The maximum atomic E-state index is 14.3. The van der Waals surface area contributed by atoms with Gasteiger partial charge in [0.1, 0.15) is 11.3 Å². The summed E-state index contributed by atoms with van der Waals surface area (Å²) >= 11 is 0. The number of nitrogens with zero attached hydrogens (tertiary/aromatic N) is 4. The lowest BCUT2D eigenvalue weighted by Gasteiger charge is -2.36. The molecule has 1 amide bonds. The van der Waals surface area contributed by atoms with E-state index in [-0.39, 0.29) is 23.3 Å². The lowest BCUT2D eigenvalue weighted by atomic mass is 9.94. The van der Waals surface area contributed by atoms with E-state index in [4.69, 9.17) is 0 Å². The number of fused-ring (bicyclic) bond motifs is 3. The smallest absolute Gasteiger partial charge is 0.275 e. The zero-order chi connectivity index (χ0) is 24.8. The third-order valence-corrected chi connectivity index (χ3v) is 8.04. The molecule has 1 aliphatic carbocycles. The number of carbonyl (C=O) groups is 1. The minimum atomic E-state index is -0.241. The fourth-order valence-electron chi connectivity index (χ4n) is 6.12. The van der Waals surface area contributed by atoms with Crippen molar-refractivity contribution in [2.75, 3.05) is 31.1 Å². The van der Waals surface area contributed by atoms with Crippen molar-refractivity contribution in [3.05, 3.63) is 76.5 Å². The van der Waals surface area contributed by atoms with Gasteiger partial charge < -0.3 is 18.9 Å². The first-order valence-corrected chi connectivity index (χ1v) is 13.0. The topological polar surface area (TPSA) is 50.5 Å². The maximum absolute atomic E-state index is 14.3. The summed E-state index contributed by atoms with van der Waals surface area (Å²) in [6.45, 7) is 2.13. The molecular formula is C29H31FN4O2. The van der Waals surface area contributed by atoms with Gasteiger partial charge in [-0.3, -0.25) is 9.59 Å². The van der Waals surface area contributed by atoms with Gasteiger partial charge >= 0.3 is 0 Å². The molecule has 0 unspecified atom stereocenters. The normalized spacial score (nSPS) is 17.3. The number of aromatic nitrogens is 2. The van der Waals surface area contributed by atoms with Crippen LogP contribution in [-0.4, -0.2) is 46.1 Å². The van der Waals surface area contributed by atoms with Crippen molar-refractivity contribution < 1.29 is 9.18 Å². The van der Waals surface area contributed by atoms with Gasteiger partial charge in [0.25, 0.3) is 11.5 Å². The van der Waals surface area contributed by atoms with Crippen LogP contribution in [0.1, 0.15) is 48.5 Å². The molecular weight excluding hydrogens is 455 g/mol. The highest BCUT2D eigenvalue weighted by Gasteiger charge is 2.29. The Morgan fingerprint density at radius 1 is 0.917 bits per heavy atom. The highest BCUT2D eigenvalue weighted by atomic mass is 19.1. The van der Waals surface area contributed by atoms with Crippen LogP contribution < -0.4 is 10.5 Å². The average Bonchev–Trinajstić information content (AvgIpc) is 3.22. The number of rotatable bonds is 3. The zero-order valence-electron chi connectivity index (χ0n) is 20.6. The number of piperazine rings is 1. The molecule has 186 valence electrons.